The molecule has 0 amide bonds. The summed E-state index contributed by atoms with van der Waals surface area (Å²) in [5.41, 5.74) is -4.93. The predicted molar refractivity (Wildman–Crippen MR) is 220 cm³/mol. The second-order valence-electron chi connectivity index (χ2n) is 18.6. The van der Waals surface area contributed by atoms with Crippen molar-refractivity contribution < 1.29 is 53.3 Å². The summed E-state index contributed by atoms with van der Waals surface area (Å²) in [6, 6.07) is 8.25. The van der Waals surface area contributed by atoms with E-state index in [1.807, 2.05) is 12.1 Å². The molecule has 5 saturated carbocycles. The number of likely N-dealkylation sites (tertiary alicyclic amines) is 1. The molecule has 0 aromatic heterocycles. The summed E-state index contributed by atoms with van der Waals surface area (Å²) in [5.74, 6) is -3.77. The van der Waals surface area contributed by atoms with E-state index in [0.29, 0.717) is 31.5 Å². The first-order chi connectivity index (χ1) is 28.5. The lowest BCUT2D eigenvalue weighted by Gasteiger charge is -2.70. The van der Waals surface area contributed by atoms with Crippen LogP contribution in [0, 0.1) is 34.5 Å². The molecule has 5 aliphatic carbocycles. The SMILES string of the molecule is CCCCCCCCCCCC/C=C/C(=O)O[C@]12[C@H]3[C@@H](OC(=O)c4ccccc4)[C@](O)(C[C@H]3[C@@]34C5[C@@H]1[C@H](OC)[C@@H]3[C@](COC)(CN5CC)[C@H](O)C[C@@H]4OC)[C@@H](OC)[C@@H]2O. The number of piperidine rings is 1. The average Bonchev–Trinajstić information content (AvgIpc) is 3.61. The minimum atomic E-state index is -1.86. The van der Waals surface area contributed by atoms with Gasteiger partial charge < -0.3 is 43.7 Å². The number of fused-ring (bicyclic) bond motifs is 2. The third kappa shape index (κ3) is 6.85. The van der Waals surface area contributed by atoms with Crippen molar-refractivity contribution in [1.29, 1.82) is 0 Å². The fraction of sp³-hybridized carbons (Fsp3) is 0.787. The summed E-state index contributed by atoms with van der Waals surface area (Å²) in [6.07, 6.45) is 10.5. The molecule has 1 unspecified atom stereocenters. The van der Waals surface area contributed by atoms with Gasteiger partial charge in [0.1, 0.15) is 23.9 Å². The van der Waals surface area contributed by atoms with E-state index >= 15 is 0 Å². The zero-order chi connectivity index (χ0) is 42.2. The second-order valence-corrected chi connectivity index (χ2v) is 18.6. The molecule has 1 saturated heterocycles. The first-order valence-electron chi connectivity index (χ1n) is 22.6. The quantitative estimate of drug-likeness (QED) is 0.0816. The summed E-state index contributed by atoms with van der Waals surface area (Å²) in [4.78, 5) is 30.8. The fourth-order valence-electron chi connectivity index (χ4n) is 14.2. The highest BCUT2D eigenvalue weighted by atomic mass is 16.6. The van der Waals surface area contributed by atoms with E-state index in [2.05, 4.69) is 18.7 Å². The Morgan fingerprint density at radius 3 is 2.15 bits per heavy atom. The Morgan fingerprint density at radius 1 is 0.864 bits per heavy atom. The van der Waals surface area contributed by atoms with Crippen LogP contribution in [0.4, 0.5) is 0 Å². The fourth-order valence-corrected chi connectivity index (χ4v) is 14.2. The van der Waals surface area contributed by atoms with Gasteiger partial charge in [-0.15, -0.1) is 0 Å². The maximum atomic E-state index is 14.4. The molecule has 0 radical (unpaired) electrons. The predicted octanol–water partition coefficient (Wildman–Crippen LogP) is 5.50. The molecule has 7 bridgehead atoms. The summed E-state index contributed by atoms with van der Waals surface area (Å²) in [6.45, 7) is 5.62. The van der Waals surface area contributed by atoms with E-state index in [9.17, 15) is 24.9 Å². The number of hydrogen-bond acceptors (Lipinski definition) is 12. The van der Waals surface area contributed by atoms with Crippen molar-refractivity contribution in [3.8, 4) is 0 Å². The molecule has 1 aliphatic heterocycles. The van der Waals surface area contributed by atoms with Crippen LogP contribution in [-0.2, 0) is 33.2 Å². The van der Waals surface area contributed by atoms with Crippen molar-refractivity contribution in [2.75, 3.05) is 48.1 Å². The normalized spacial score (nSPS) is 41.7. The van der Waals surface area contributed by atoms with Crippen LogP contribution in [0.2, 0.25) is 0 Å². The van der Waals surface area contributed by atoms with Gasteiger partial charge in [0.05, 0.1) is 30.5 Å². The number of ether oxygens (including phenoxy) is 6. The number of carbonyl (C=O) groups is 2. The molecule has 12 heteroatoms. The van der Waals surface area contributed by atoms with Crippen LogP contribution in [0.25, 0.3) is 0 Å². The van der Waals surface area contributed by atoms with Crippen molar-refractivity contribution in [3.63, 3.8) is 0 Å². The Hall–Kier alpha value is -2.42. The van der Waals surface area contributed by atoms with Gasteiger partial charge in [-0.3, -0.25) is 4.90 Å². The Balaban J connectivity index is 1.28. The lowest BCUT2D eigenvalue weighted by Crippen LogP contribution is -2.81. The number of methoxy groups -OCH3 is 4. The highest BCUT2D eigenvalue weighted by molar-refractivity contribution is 5.89. The third-order valence-electron chi connectivity index (χ3n) is 16.1. The van der Waals surface area contributed by atoms with Gasteiger partial charge in [0.15, 0.2) is 5.60 Å². The van der Waals surface area contributed by atoms with Crippen LogP contribution in [0.5, 0.6) is 0 Å². The number of unbranched alkanes of at least 4 members (excludes halogenated alkanes) is 10. The standard InChI is InChI=1S/C47H71NO11/c1-7-9-10-11-12-13-14-15-16-17-18-22-25-34(50)59-47-35-31(27-45(53,42(57-6)40(47)51)41(35)58-43(52)30-23-20-19-21-24-30)46-33(55-4)26-32(49)44(29-54-3)28-48(8-2)39(46)36(47)37(56-5)38(44)46/h19-25,31-33,35-42,49,51,53H,7-18,26-29H2,1-6H3/b25-22+/t31-,32-,33+,35-,36+,37+,38-,39?,40+,41-,42+,44+,45-,46+,47-/m1/s1. The van der Waals surface area contributed by atoms with E-state index in [1.165, 1.54) is 58.1 Å². The largest absolute Gasteiger partial charge is 0.455 e. The first-order valence-corrected chi connectivity index (χ1v) is 22.6. The third-order valence-corrected chi connectivity index (χ3v) is 16.1. The van der Waals surface area contributed by atoms with Gasteiger partial charge in [0, 0.05) is 82.1 Å². The van der Waals surface area contributed by atoms with Gasteiger partial charge in [0.25, 0.3) is 0 Å². The highest BCUT2D eigenvalue weighted by Gasteiger charge is 2.92. The molecule has 6 fully saturated rings. The number of rotatable bonds is 21. The monoisotopic (exact) mass is 826 g/mol. The zero-order valence-corrected chi connectivity index (χ0v) is 36.3. The maximum Gasteiger partial charge on any atom is 0.338 e. The molecule has 12 nitrogen and oxygen atoms in total. The van der Waals surface area contributed by atoms with Crippen LogP contribution < -0.4 is 0 Å². The summed E-state index contributed by atoms with van der Waals surface area (Å²) >= 11 is 0. The van der Waals surface area contributed by atoms with Crippen molar-refractivity contribution in [2.45, 2.75) is 151 Å². The van der Waals surface area contributed by atoms with Crippen LogP contribution in [0.15, 0.2) is 42.5 Å². The number of hydrogen-bond donors (Lipinski definition) is 3. The van der Waals surface area contributed by atoms with E-state index in [4.69, 9.17) is 28.4 Å². The zero-order valence-electron chi connectivity index (χ0n) is 36.3. The lowest BCUT2D eigenvalue weighted by molar-refractivity contribution is -0.322. The molecule has 15 atom stereocenters. The lowest BCUT2D eigenvalue weighted by atomic mass is 9.42. The molecule has 1 spiro atoms. The van der Waals surface area contributed by atoms with Gasteiger partial charge in [-0.25, -0.2) is 9.59 Å². The molecular formula is C47H71NO11. The minimum absolute atomic E-state index is 0.0700. The molecule has 1 heterocycles. The van der Waals surface area contributed by atoms with Crippen molar-refractivity contribution in [2.24, 2.45) is 34.5 Å². The van der Waals surface area contributed by atoms with Gasteiger partial charge in [-0.05, 0) is 43.9 Å². The second kappa shape index (κ2) is 18.1. The summed E-state index contributed by atoms with van der Waals surface area (Å²) in [5, 5.41) is 38.3. The van der Waals surface area contributed by atoms with Gasteiger partial charge >= 0.3 is 11.9 Å². The molecule has 3 N–H and O–H groups in total. The highest BCUT2D eigenvalue weighted by Crippen LogP contribution is 2.80. The minimum Gasteiger partial charge on any atom is -0.455 e. The molecule has 1 aromatic rings. The number of aliphatic hydroxyl groups is 3. The van der Waals surface area contributed by atoms with Gasteiger partial charge in [-0.1, -0.05) is 95.9 Å². The molecular weight excluding hydrogens is 755 g/mol. The Bertz CT molecular complexity index is 1630. The van der Waals surface area contributed by atoms with Crippen molar-refractivity contribution >= 4 is 11.9 Å². The number of aliphatic hydroxyl groups excluding tert-OH is 2. The number of allylic oxidation sites excluding steroid dienone is 1. The Kier molecular flexibility index (Phi) is 13.7. The molecule has 1 aromatic carbocycles. The number of carbonyl (C=O) groups excluding carboxylic acids is 2. The van der Waals surface area contributed by atoms with Crippen molar-refractivity contribution in [1.82, 2.24) is 4.90 Å². The van der Waals surface area contributed by atoms with Crippen LogP contribution in [0.3, 0.4) is 0 Å². The molecule has 6 aliphatic rings. The smallest absolute Gasteiger partial charge is 0.338 e. The van der Waals surface area contributed by atoms with E-state index < -0.39 is 94.3 Å². The maximum absolute atomic E-state index is 14.4. The average molecular weight is 826 g/mol. The summed E-state index contributed by atoms with van der Waals surface area (Å²) < 4.78 is 38.5. The Labute approximate surface area is 351 Å². The molecule has 59 heavy (non-hydrogen) atoms. The van der Waals surface area contributed by atoms with E-state index in [1.54, 1.807) is 45.6 Å². The topological polar surface area (TPSA) is 153 Å². The van der Waals surface area contributed by atoms with Crippen molar-refractivity contribution in [3.05, 3.63) is 48.0 Å². The number of nitrogens with zero attached hydrogens (tertiary/aromatic N) is 1. The molecule has 7 rings (SSSR count). The van der Waals surface area contributed by atoms with Crippen LogP contribution >= 0.6 is 0 Å². The van der Waals surface area contributed by atoms with Crippen LogP contribution in [-0.4, -0.2) is 134 Å². The van der Waals surface area contributed by atoms with Gasteiger partial charge in [0.2, 0.25) is 0 Å². The summed E-state index contributed by atoms with van der Waals surface area (Å²) in [7, 11) is 6.36. The number of benzene rings is 1. The number of esters is 2. The molecule has 330 valence electrons. The first kappa shape index (κ1) is 44.6. The van der Waals surface area contributed by atoms with Crippen LogP contribution in [0.1, 0.15) is 108 Å². The van der Waals surface area contributed by atoms with E-state index in [0.717, 1.165) is 19.3 Å². The van der Waals surface area contributed by atoms with Gasteiger partial charge in [-0.2, -0.15) is 0 Å². The Morgan fingerprint density at radius 2 is 1.54 bits per heavy atom. The van der Waals surface area contributed by atoms with E-state index in [-0.39, 0.29) is 19.1 Å².